The molecule has 0 aliphatic heterocycles. The first kappa shape index (κ1) is 35.9. The van der Waals surface area contributed by atoms with Crippen LogP contribution in [0.2, 0.25) is 0 Å². The molecule has 6 heteroatoms. The first-order valence-electron chi connectivity index (χ1n) is 21.1. The lowest BCUT2D eigenvalue weighted by atomic mass is 9.95. The van der Waals surface area contributed by atoms with Crippen LogP contribution in [0.25, 0.3) is 124 Å². The third-order valence-corrected chi connectivity index (χ3v) is 14.5. The van der Waals surface area contributed by atoms with E-state index in [-0.39, 0.29) is 0 Å². The molecule has 0 fully saturated rings. The Bertz CT molecular complexity index is 3850. The number of thiophene rings is 2. The molecule has 0 saturated carbocycles. The highest BCUT2D eigenvalue weighted by molar-refractivity contribution is 7.26. The maximum absolute atomic E-state index is 5.16. The molecule has 0 aliphatic rings. The van der Waals surface area contributed by atoms with Crippen LogP contribution in [0, 0.1) is 0 Å². The molecule has 0 radical (unpaired) electrons. The molecule has 13 aromatic rings. The number of rotatable bonds is 6. The smallest absolute Gasteiger partial charge is 0.164 e. The summed E-state index contributed by atoms with van der Waals surface area (Å²) in [5.74, 6) is 1.94. The Morgan fingerprint density at radius 1 is 0.302 bits per heavy atom. The van der Waals surface area contributed by atoms with Crippen LogP contribution in [0.5, 0.6) is 0 Å². The van der Waals surface area contributed by atoms with E-state index in [1.54, 1.807) is 0 Å². The van der Waals surface area contributed by atoms with Crippen LogP contribution < -0.4 is 0 Å². The number of nitrogens with zero attached hydrogens (tertiary/aromatic N) is 4. The van der Waals surface area contributed by atoms with Crippen LogP contribution in [-0.2, 0) is 0 Å². The van der Waals surface area contributed by atoms with E-state index in [1.807, 2.05) is 59.1 Å². The molecule has 4 aromatic heterocycles. The van der Waals surface area contributed by atoms with Gasteiger partial charge in [-0.2, -0.15) is 0 Å². The third kappa shape index (κ3) is 5.98. The van der Waals surface area contributed by atoms with Crippen molar-refractivity contribution >= 4 is 84.8 Å². The van der Waals surface area contributed by atoms with Crippen LogP contribution >= 0.6 is 22.7 Å². The summed E-state index contributed by atoms with van der Waals surface area (Å²) in [6.45, 7) is 0. The predicted molar refractivity (Wildman–Crippen MR) is 267 cm³/mol. The SMILES string of the molecule is c1ccc(-c2nc(-c3ccccc3)nc(-c3cc(-c4ccc5c(c4)c4ccc(-c6ccc7c(c6)sc6ccccc67)cc4n5-c4ccccc4)c4c(c3)sc3ccccc34)n2)cc1. The van der Waals surface area contributed by atoms with E-state index in [0.29, 0.717) is 17.5 Å². The molecule has 0 N–H and O–H groups in total. The van der Waals surface area contributed by atoms with E-state index in [1.165, 1.54) is 67.8 Å². The Balaban J connectivity index is 1.03. The van der Waals surface area contributed by atoms with Gasteiger partial charge in [-0.3, -0.25) is 0 Å². The summed E-state index contributed by atoms with van der Waals surface area (Å²) >= 11 is 3.68. The molecule has 0 unspecified atom stereocenters. The van der Waals surface area contributed by atoms with E-state index >= 15 is 0 Å². The summed E-state index contributed by atoms with van der Waals surface area (Å²) in [6.07, 6.45) is 0. The molecular formula is C57H34N4S2. The molecule has 0 amide bonds. The van der Waals surface area contributed by atoms with E-state index in [0.717, 1.165) is 39.0 Å². The second-order valence-corrected chi connectivity index (χ2v) is 18.1. The zero-order valence-corrected chi connectivity index (χ0v) is 35.4. The van der Waals surface area contributed by atoms with Crippen molar-refractivity contribution in [2.75, 3.05) is 0 Å². The van der Waals surface area contributed by atoms with Crippen molar-refractivity contribution < 1.29 is 0 Å². The minimum atomic E-state index is 0.645. The van der Waals surface area contributed by atoms with Crippen LogP contribution in [0.4, 0.5) is 0 Å². The molecule has 0 spiro atoms. The first-order chi connectivity index (χ1) is 31.2. The molecule has 0 bridgehead atoms. The van der Waals surface area contributed by atoms with Gasteiger partial charge in [-0.15, -0.1) is 22.7 Å². The van der Waals surface area contributed by atoms with Crippen molar-refractivity contribution in [3.63, 3.8) is 0 Å². The van der Waals surface area contributed by atoms with Gasteiger partial charge in [-0.05, 0) is 82.9 Å². The lowest BCUT2D eigenvalue weighted by Gasteiger charge is -2.12. The maximum atomic E-state index is 5.16. The number of aromatic nitrogens is 4. The topological polar surface area (TPSA) is 43.6 Å². The fourth-order valence-electron chi connectivity index (χ4n) is 9.28. The van der Waals surface area contributed by atoms with Gasteiger partial charge in [-0.1, -0.05) is 146 Å². The Labute approximate surface area is 370 Å². The Morgan fingerprint density at radius 3 is 1.54 bits per heavy atom. The van der Waals surface area contributed by atoms with Gasteiger partial charge in [0.15, 0.2) is 17.5 Å². The van der Waals surface area contributed by atoms with Crippen molar-refractivity contribution in [3.05, 3.63) is 206 Å². The normalized spacial score (nSPS) is 11.8. The Kier molecular flexibility index (Phi) is 8.22. The van der Waals surface area contributed by atoms with Gasteiger partial charge >= 0.3 is 0 Å². The summed E-state index contributed by atoms with van der Waals surface area (Å²) in [7, 11) is 0. The quantitative estimate of drug-likeness (QED) is 0.168. The van der Waals surface area contributed by atoms with Gasteiger partial charge in [0.1, 0.15) is 0 Å². The van der Waals surface area contributed by atoms with Gasteiger partial charge in [0.25, 0.3) is 0 Å². The monoisotopic (exact) mass is 838 g/mol. The number of para-hydroxylation sites is 1. The molecule has 9 aromatic carbocycles. The molecule has 294 valence electrons. The van der Waals surface area contributed by atoms with E-state index in [4.69, 9.17) is 15.0 Å². The number of benzene rings is 9. The van der Waals surface area contributed by atoms with Gasteiger partial charge in [-0.25, -0.2) is 15.0 Å². The highest BCUT2D eigenvalue weighted by Crippen LogP contribution is 2.45. The molecular weight excluding hydrogens is 805 g/mol. The van der Waals surface area contributed by atoms with E-state index < -0.39 is 0 Å². The fraction of sp³-hybridized carbons (Fsp3) is 0. The molecule has 4 heterocycles. The van der Waals surface area contributed by atoms with Crippen molar-refractivity contribution in [2.24, 2.45) is 0 Å². The summed E-state index contributed by atoms with van der Waals surface area (Å²) in [5.41, 5.74) is 11.0. The maximum Gasteiger partial charge on any atom is 0.164 e. The van der Waals surface area contributed by atoms with Gasteiger partial charge in [0, 0.05) is 73.5 Å². The van der Waals surface area contributed by atoms with Crippen LogP contribution in [0.15, 0.2) is 206 Å². The van der Waals surface area contributed by atoms with Crippen LogP contribution in [-0.4, -0.2) is 19.5 Å². The molecule has 63 heavy (non-hydrogen) atoms. The minimum absolute atomic E-state index is 0.645. The highest BCUT2D eigenvalue weighted by Gasteiger charge is 2.20. The molecule has 13 rings (SSSR count). The zero-order chi connectivity index (χ0) is 41.4. The minimum Gasteiger partial charge on any atom is -0.309 e. The average Bonchev–Trinajstić information content (AvgIpc) is 4.03. The van der Waals surface area contributed by atoms with Crippen molar-refractivity contribution in [1.29, 1.82) is 0 Å². The largest absolute Gasteiger partial charge is 0.309 e. The number of hydrogen-bond acceptors (Lipinski definition) is 5. The van der Waals surface area contributed by atoms with Gasteiger partial charge in [0.05, 0.1) is 11.0 Å². The van der Waals surface area contributed by atoms with Gasteiger partial charge in [0.2, 0.25) is 0 Å². The predicted octanol–water partition coefficient (Wildman–Crippen LogP) is 16.0. The van der Waals surface area contributed by atoms with Gasteiger partial charge < -0.3 is 4.57 Å². The van der Waals surface area contributed by atoms with Crippen LogP contribution in [0.3, 0.4) is 0 Å². The summed E-state index contributed by atoms with van der Waals surface area (Å²) in [6, 6.07) is 74.0. The molecule has 0 saturated heterocycles. The second-order valence-electron chi connectivity index (χ2n) is 16.0. The Hall–Kier alpha value is -7.77. The lowest BCUT2D eigenvalue weighted by molar-refractivity contribution is 1.07. The highest BCUT2D eigenvalue weighted by atomic mass is 32.1. The van der Waals surface area contributed by atoms with Crippen molar-refractivity contribution in [1.82, 2.24) is 19.5 Å². The van der Waals surface area contributed by atoms with E-state index in [9.17, 15) is 0 Å². The Morgan fingerprint density at radius 2 is 0.825 bits per heavy atom. The van der Waals surface area contributed by atoms with Crippen LogP contribution in [0.1, 0.15) is 0 Å². The standard InChI is InChI=1S/C57H34N4S2/c1-4-14-35(15-5-1)55-58-56(36-16-6-2-7-17-36)60-57(59-55)40-31-46(54-45-21-11-13-23-51(45)63-53(54)34-40)39-26-29-48-47(30-39)42-27-24-37(32-49(42)61(48)41-18-8-3-9-19-41)38-25-28-44-43-20-10-12-22-50(43)62-52(44)33-38/h1-34H. The summed E-state index contributed by atoms with van der Waals surface area (Å²) in [5, 5.41) is 7.53. The zero-order valence-electron chi connectivity index (χ0n) is 33.7. The van der Waals surface area contributed by atoms with Crippen molar-refractivity contribution in [3.8, 4) is 62.1 Å². The lowest BCUT2D eigenvalue weighted by Crippen LogP contribution is -2.00. The molecule has 0 atom stereocenters. The molecule has 0 aliphatic carbocycles. The number of hydrogen-bond donors (Lipinski definition) is 0. The number of fused-ring (bicyclic) bond motifs is 9. The average molecular weight is 839 g/mol. The van der Waals surface area contributed by atoms with E-state index in [2.05, 4.69) is 174 Å². The second kappa shape index (κ2) is 14.4. The summed E-state index contributed by atoms with van der Waals surface area (Å²) < 4.78 is 7.49. The summed E-state index contributed by atoms with van der Waals surface area (Å²) in [4.78, 5) is 15.3. The molecule has 4 nitrogen and oxygen atoms in total. The van der Waals surface area contributed by atoms with Crippen molar-refractivity contribution in [2.45, 2.75) is 0 Å². The third-order valence-electron chi connectivity index (χ3n) is 12.2. The first-order valence-corrected chi connectivity index (χ1v) is 22.7. The fourth-order valence-corrected chi connectivity index (χ4v) is 11.6.